The summed E-state index contributed by atoms with van der Waals surface area (Å²) in [6.45, 7) is 1.57. The molecule has 0 radical (unpaired) electrons. The molecular formula is C22H21BrCl2N2O3S. The fraction of sp³-hybridized carbons (Fsp3) is 0.182. The van der Waals surface area contributed by atoms with E-state index < -0.39 is 10.0 Å². The van der Waals surface area contributed by atoms with Crippen LogP contribution in [0.2, 0.25) is 10.0 Å². The Morgan fingerprint density at radius 1 is 1.00 bits per heavy atom. The van der Waals surface area contributed by atoms with Crippen LogP contribution >= 0.6 is 39.1 Å². The van der Waals surface area contributed by atoms with E-state index in [2.05, 4.69) is 21.2 Å². The molecule has 9 heteroatoms. The third-order valence-corrected chi connectivity index (χ3v) is 6.74. The van der Waals surface area contributed by atoms with Crippen molar-refractivity contribution in [2.45, 2.75) is 24.5 Å². The second-order valence-corrected chi connectivity index (χ2v) is 10.1. The standard InChI is InChI=1S/C22H21BrCl2N2O3S/c23-17-6-9-22(30-14-19-20(24)2-1-3-21(19)25)16(12-17)13-27-11-10-15-4-7-18(8-5-15)31(26,28)29/h1-9,12,27H,10-11,13-14H2,(H2,26,28,29). The molecule has 0 saturated carbocycles. The minimum atomic E-state index is -3.67. The van der Waals surface area contributed by atoms with E-state index in [0.717, 1.165) is 33.3 Å². The zero-order valence-electron chi connectivity index (χ0n) is 16.4. The molecule has 0 heterocycles. The molecule has 0 amide bonds. The van der Waals surface area contributed by atoms with Gasteiger partial charge >= 0.3 is 0 Å². The molecule has 0 fully saturated rings. The van der Waals surface area contributed by atoms with Gasteiger partial charge in [0.05, 0.1) is 4.90 Å². The van der Waals surface area contributed by atoms with Crippen molar-refractivity contribution in [3.8, 4) is 5.75 Å². The Kier molecular flexibility index (Phi) is 8.38. The molecule has 0 aromatic heterocycles. The van der Waals surface area contributed by atoms with Crippen LogP contribution in [0.25, 0.3) is 0 Å². The first-order valence-electron chi connectivity index (χ1n) is 9.40. The van der Waals surface area contributed by atoms with Crippen molar-refractivity contribution in [3.63, 3.8) is 0 Å². The first-order chi connectivity index (χ1) is 14.7. The van der Waals surface area contributed by atoms with E-state index >= 15 is 0 Å². The number of nitrogens with two attached hydrogens (primary N) is 1. The van der Waals surface area contributed by atoms with Gasteiger partial charge in [-0.05, 0) is 61.0 Å². The molecule has 0 atom stereocenters. The molecule has 3 aromatic carbocycles. The molecule has 0 aliphatic rings. The summed E-state index contributed by atoms with van der Waals surface area (Å²) in [7, 11) is -3.67. The highest BCUT2D eigenvalue weighted by Crippen LogP contribution is 2.28. The minimum absolute atomic E-state index is 0.110. The maximum atomic E-state index is 11.3. The van der Waals surface area contributed by atoms with Gasteiger partial charge in [-0.3, -0.25) is 0 Å². The zero-order valence-corrected chi connectivity index (χ0v) is 20.4. The lowest BCUT2D eigenvalue weighted by Gasteiger charge is -2.14. The highest BCUT2D eigenvalue weighted by atomic mass is 79.9. The van der Waals surface area contributed by atoms with Gasteiger partial charge in [-0.1, -0.05) is 57.3 Å². The topological polar surface area (TPSA) is 81.4 Å². The molecule has 31 heavy (non-hydrogen) atoms. The predicted octanol–water partition coefficient (Wildman–Crippen LogP) is 5.31. The third-order valence-electron chi connectivity index (χ3n) is 4.61. The van der Waals surface area contributed by atoms with E-state index in [-0.39, 0.29) is 11.5 Å². The maximum absolute atomic E-state index is 11.3. The summed E-state index contributed by atoms with van der Waals surface area (Å²) in [6.07, 6.45) is 0.740. The van der Waals surface area contributed by atoms with E-state index in [0.29, 0.717) is 23.1 Å². The van der Waals surface area contributed by atoms with Crippen LogP contribution in [0, 0.1) is 0 Å². The smallest absolute Gasteiger partial charge is 0.238 e. The van der Waals surface area contributed by atoms with Crippen LogP contribution in [-0.4, -0.2) is 15.0 Å². The highest BCUT2D eigenvalue weighted by Gasteiger charge is 2.10. The van der Waals surface area contributed by atoms with Gasteiger partial charge in [0.25, 0.3) is 0 Å². The molecule has 3 aromatic rings. The maximum Gasteiger partial charge on any atom is 0.238 e. The SMILES string of the molecule is NS(=O)(=O)c1ccc(CCNCc2cc(Br)ccc2OCc2c(Cl)cccc2Cl)cc1. The number of rotatable bonds is 9. The van der Waals surface area contributed by atoms with Crippen molar-refractivity contribution in [1.82, 2.24) is 5.32 Å². The van der Waals surface area contributed by atoms with Crippen molar-refractivity contribution < 1.29 is 13.2 Å². The summed E-state index contributed by atoms with van der Waals surface area (Å²) < 4.78 is 29.6. The Morgan fingerprint density at radius 2 is 1.68 bits per heavy atom. The van der Waals surface area contributed by atoms with E-state index in [4.69, 9.17) is 33.1 Å². The van der Waals surface area contributed by atoms with Crippen molar-refractivity contribution in [3.05, 3.63) is 91.9 Å². The summed E-state index contributed by atoms with van der Waals surface area (Å²) in [4.78, 5) is 0.110. The molecule has 0 aliphatic heterocycles. The average molecular weight is 544 g/mol. The Bertz CT molecular complexity index is 1140. The minimum Gasteiger partial charge on any atom is -0.488 e. The average Bonchev–Trinajstić information content (AvgIpc) is 2.72. The molecule has 3 N–H and O–H groups in total. The number of sulfonamides is 1. The second-order valence-electron chi connectivity index (χ2n) is 6.86. The molecule has 5 nitrogen and oxygen atoms in total. The highest BCUT2D eigenvalue weighted by molar-refractivity contribution is 9.10. The van der Waals surface area contributed by atoms with Crippen molar-refractivity contribution >= 4 is 49.2 Å². The Morgan fingerprint density at radius 3 is 2.32 bits per heavy atom. The number of halogens is 3. The van der Waals surface area contributed by atoms with Crippen molar-refractivity contribution in [2.24, 2.45) is 5.14 Å². The summed E-state index contributed by atoms with van der Waals surface area (Å²) >= 11 is 16.0. The van der Waals surface area contributed by atoms with Crippen LogP contribution in [0.3, 0.4) is 0 Å². The van der Waals surface area contributed by atoms with Gasteiger partial charge < -0.3 is 10.1 Å². The Labute approximate surface area is 200 Å². The molecule has 0 bridgehead atoms. The first kappa shape index (κ1) is 24.0. The van der Waals surface area contributed by atoms with Crippen LogP contribution in [0.4, 0.5) is 0 Å². The molecule has 0 aliphatic carbocycles. The fourth-order valence-corrected chi connectivity index (χ4v) is 4.38. The van der Waals surface area contributed by atoms with Gasteiger partial charge in [0.15, 0.2) is 0 Å². The number of hydrogen-bond donors (Lipinski definition) is 2. The number of nitrogens with one attached hydrogen (secondary N) is 1. The first-order valence-corrected chi connectivity index (χ1v) is 12.5. The van der Waals surface area contributed by atoms with Gasteiger partial charge in [0, 0.05) is 32.2 Å². The number of benzene rings is 3. The monoisotopic (exact) mass is 542 g/mol. The molecule has 0 unspecified atom stereocenters. The molecular weight excluding hydrogens is 523 g/mol. The largest absolute Gasteiger partial charge is 0.488 e. The summed E-state index contributed by atoms with van der Waals surface area (Å²) in [5.74, 6) is 0.740. The quantitative estimate of drug-likeness (QED) is 0.358. The lowest BCUT2D eigenvalue weighted by molar-refractivity contribution is 0.302. The summed E-state index contributed by atoms with van der Waals surface area (Å²) in [5, 5.41) is 9.65. The summed E-state index contributed by atoms with van der Waals surface area (Å²) in [5.41, 5.74) is 2.75. The molecule has 3 rings (SSSR count). The lowest BCUT2D eigenvalue weighted by Crippen LogP contribution is -2.17. The van der Waals surface area contributed by atoms with E-state index in [9.17, 15) is 8.42 Å². The molecule has 0 saturated heterocycles. The van der Waals surface area contributed by atoms with Gasteiger partial charge in [0.1, 0.15) is 12.4 Å². The van der Waals surface area contributed by atoms with Crippen LogP contribution in [0.1, 0.15) is 16.7 Å². The fourth-order valence-electron chi connectivity index (χ4n) is 2.95. The molecule has 164 valence electrons. The number of hydrogen-bond acceptors (Lipinski definition) is 4. The van der Waals surface area contributed by atoms with Crippen molar-refractivity contribution in [1.29, 1.82) is 0 Å². The van der Waals surface area contributed by atoms with Crippen LogP contribution in [0.15, 0.2) is 70.0 Å². The second kappa shape index (κ2) is 10.8. The van der Waals surface area contributed by atoms with E-state index in [1.807, 2.05) is 18.2 Å². The van der Waals surface area contributed by atoms with Crippen LogP contribution in [0.5, 0.6) is 5.75 Å². The van der Waals surface area contributed by atoms with Crippen molar-refractivity contribution in [2.75, 3.05) is 6.54 Å². The normalized spacial score (nSPS) is 11.5. The van der Waals surface area contributed by atoms with Gasteiger partial charge in [-0.15, -0.1) is 0 Å². The third kappa shape index (κ3) is 6.94. The number of primary sulfonamides is 1. The predicted molar refractivity (Wildman–Crippen MR) is 128 cm³/mol. The van der Waals surface area contributed by atoms with Gasteiger partial charge in [-0.25, -0.2) is 13.6 Å². The number of ether oxygens (including phenoxy) is 1. The summed E-state index contributed by atoms with van der Waals surface area (Å²) in [6, 6.07) is 17.7. The van der Waals surface area contributed by atoms with E-state index in [1.54, 1.807) is 30.3 Å². The lowest BCUT2D eigenvalue weighted by atomic mass is 10.1. The van der Waals surface area contributed by atoms with E-state index in [1.165, 1.54) is 12.1 Å². The van der Waals surface area contributed by atoms with Gasteiger partial charge in [0.2, 0.25) is 10.0 Å². The zero-order chi connectivity index (χ0) is 22.4. The Balaban J connectivity index is 1.58. The Hall–Kier alpha value is -1.61. The van der Waals surface area contributed by atoms with Crippen LogP contribution in [-0.2, 0) is 29.6 Å². The molecule has 0 spiro atoms. The van der Waals surface area contributed by atoms with Crippen LogP contribution < -0.4 is 15.2 Å². The van der Waals surface area contributed by atoms with Gasteiger partial charge in [-0.2, -0.15) is 0 Å².